The zero-order chi connectivity index (χ0) is 11.4. The van der Waals surface area contributed by atoms with Crippen LogP contribution in [0, 0.1) is 0 Å². The van der Waals surface area contributed by atoms with Crippen LogP contribution in [0.25, 0.3) is 0 Å². The Bertz CT molecular complexity index is 353. The molecular formula is C12H15ClFNO. The Labute approximate surface area is 99.7 Å². The predicted octanol–water partition coefficient (Wildman–Crippen LogP) is 2.81. The van der Waals surface area contributed by atoms with Crippen molar-refractivity contribution in [2.24, 2.45) is 0 Å². The summed E-state index contributed by atoms with van der Waals surface area (Å²) in [6.07, 6.45) is 0.995. The van der Waals surface area contributed by atoms with E-state index in [1.165, 1.54) is 0 Å². The summed E-state index contributed by atoms with van der Waals surface area (Å²) in [7, 11) is 0. The van der Waals surface area contributed by atoms with Crippen molar-refractivity contribution >= 4 is 11.6 Å². The molecule has 0 spiro atoms. The second-order valence-electron chi connectivity index (χ2n) is 4.12. The number of halogens is 2. The van der Waals surface area contributed by atoms with Gasteiger partial charge in [0.25, 0.3) is 0 Å². The van der Waals surface area contributed by atoms with Crippen LogP contribution in [0.4, 0.5) is 4.39 Å². The zero-order valence-electron chi connectivity index (χ0n) is 9.01. The van der Waals surface area contributed by atoms with Crippen molar-refractivity contribution in [3.63, 3.8) is 0 Å². The summed E-state index contributed by atoms with van der Waals surface area (Å²) in [4.78, 5) is 0. The lowest BCUT2D eigenvalue weighted by Gasteiger charge is -2.29. The van der Waals surface area contributed by atoms with Gasteiger partial charge in [0.05, 0.1) is 5.02 Å². The van der Waals surface area contributed by atoms with Crippen LogP contribution in [-0.4, -0.2) is 25.4 Å². The van der Waals surface area contributed by atoms with Gasteiger partial charge >= 0.3 is 0 Å². The molecule has 1 aromatic rings. The number of benzene rings is 1. The number of piperidine rings is 1. The summed E-state index contributed by atoms with van der Waals surface area (Å²) in [6.45, 7) is 1.50. The second-order valence-corrected chi connectivity index (χ2v) is 4.53. The fourth-order valence-corrected chi connectivity index (χ4v) is 1.98. The highest BCUT2D eigenvalue weighted by atomic mass is 35.5. The summed E-state index contributed by atoms with van der Waals surface area (Å²) < 4.78 is 19.6. The maximum atomic E-state index is 14.2. The standard InChI is InChI=1S/C12H15ClFNO/c13-10-3-1-2-4-11(10)16-9-12(14)5-7-15-8-6-12/h1-4,15H,5-9H2. The smallest absolute Gasteiger partial charge is 0.147 e. The molecular weight excluding hydrogens is 229 g/mol. The Kier molecular flexibility index (Phi) is 3.66. The number of alkyl halides is 1. The highest BCUT2D eigenvalue weighted by molar-refractivity contribution is 6.32. The van der Waals surface area contributed by atoms with Crippen LogP contribution in [0.5, 0.6) is 5.75 Å². The number of para-hydroxylation sites is 1. The Balaban J connectivity index is 1.94. The van der Waals surface area contributed by atoms with Crippen molar-refractivity contribution in [1.82, 2.24) is 5.32 Å². The molecule has 1 saturated heterocycles. The average Bonchev–Trinajstić information content (AvgIpc) is 2.29. The minimum absolute atomic E-state index is 0.0818. The van der Waals surface area contributed by atoms with Crippen LogP contribution < -0.4 is 10.1 Å². The lowest BCUT2D eigenvalue weighted by atomic mass is 9.95. The molecule has 1 fully saturated rings. The van der Waals surface area contributed by atoms with Crippen LogP contribution in [0.15, 0.2) is 24.3 Å². The summed E-state index contributed by atoms with van der Waals surface area (Å²) >= 11 is 5.93. The lowest BCUT2D eigenvalue weighted by molar-refractivity contribution is 0.0540. The summed E-state index contributed by atoms with van der Waals surface area (Å²) in [5.74, 6) is 0.555. The third-order valence-electron chi connectivity index (χ3n) is 2.82. The van der Waals surface area contributed by atoms with E-state index in [0.29, 0.717) is 36.7 Å². The predicted molar refractivity (Wildman–Crippen MR) is 62.9 cm³/mol. The number of nitrogens with one attached hydrogen (secondary N) is 1. The van der Waals surface area contributed by atoms with Gasteiger partial charge in [0, 0.05) is 0 Å². The van der Waals surface area contributed by atoms with Crippen LogP contribution in [-0.2, 0) is 0 Å². The topological polar surface area (TPSA) is 21.3 Å². The molecule has 1 aliphatic rings. The van der Waals surface area contributed by atoms with Crippen LogP contribution in [0.2, 0.25) is 5.02 Å². The van der Waals surface area contributed by atoms with Gasteiger partial charge in [-0.05, 0) is 38.1 Å². The van der Waals surface area contributed by atoms with Crippen molar-refractivity contribution in [3.8, 4) is 5.75 Å². The molecule has 0 saturated carbocycles. The summed E-state index contributed by atoms with van der Waals surface area (Å²) in [6, 6.07) is 7.15. The van der Waals surface area contributed by atoms with Gasteiger partial charge in [0.2, 0.25) is 0 Å². The Morgan fingerprint density at radius 1 is 1.31 bits per heavy atom. The number of ether oxygens (including phenoxy) is 1. The maximum Gasteiger partial charge on any atom is 0.147 e. The molecule has 0 unspecified atom stereocenters. The maximum absolute atomic E-state index is 14.2. The fraction of sp³-hybridized carbons (Fsp3) is 0.500. The third-order valence-corrected chi connectivity index (χ3v) is 3.13. The quantitative estimate of drug-likeness (QED) is 0.882. The molecule has 1 heterocycles. The molecule has 0 amide bonds. The molecule has 0 bridgehead atoms. The molecule has 0 atom stereocenters. The Morgan fingerprint density at radius 3 is 2.69 bits per heavy atom. The van der Waals surface area contributed by atoms with E-state index in [4.69, 9.17) is 16.3 Å². The summed E-state index contributed by atoms with van der Waals surface area (Å²) in [5, 5.41) is 3.66. The molecule has 88 valence electrons. The van der Waals surface area contributed by atoms with Gasteiger partial charge in [-0.2, -0.15) is 0 Å². The fourth-order valence-electron chi connectivity index (χ4n) is 1.79. The zero-order valence-corrected chi connectivity index (χ0v) is 9.77. The minimum Gasteiger partial charge on any atom is -0.489 e. The van der Waals surface area contributed by atoms with E-state index in [2.05, 4.69) is 5.32 Å². The molecule has 0 aliphatic carbocycles. The average molecular weight is 244 g/mol. The normalized spacial score (nSPS) is 19.4. The first-order valence-electron chi connectivity index (χ1n) is 5.47. The van der Waals surface area contributed by atoms with E-state index < -0.39 is 5.67 Å². The summed E-state index contributed by atoms with van der Waals surface area (Å²) in [5.41, 5.74) is -1.22. The molecule has 1 aliphatic heterocycles. The van der Waals surface area contributed by atoms with Crippen LogP contribution >= 0.6 is 11.6 Å². The first-order valence-corrected chi connectivity index (χ1v) is 5.84. The molecule has 1 aromatic carbocycles. The molecule has 1 N–H and O–H groups in total. The minimum atomic E-state index is -1.22. The molecule has 16 heavy (non-hydrogen) atoms. The van der Waals surface area contributed by atoms with Gasteiger partial charge in [-0.15, -0.1) is 0 Å². The Morgan fingerprint density at radius 2 is 2.00 bits per heavy atom. The first kappa shape index (κ1) is 11.7. The van der Waals surface area contributed by atoms with Crippen molar-refractivity contribution in [1.29, 1.82) is 0 Å². The third kappa shape index (κ3) is 2.86. The highest BCUT2D eigenvalue weighted by Crippen LogP contribution is 2.28. The van der Waals surface area contributed by atoms with Gasteiger partial charge in [0.15, 0.2) is 0 Å². The van der Waals surface area contributed by atoms with Gasteiger partial charge in [-0.1, -0.05) is 23.7 Å². The van der Waals surface area contributed by atoms with Crippen molar-refractivity contribution in [3.05, 3.63) is 29.3 Å². The largest absolute Gasteiger partial charge is 0.489 e. The van der Waals surface area contributed by atoms with Gasteiger partial charge < -0.3 is 10.1 Å². The van der Waals surface area contributed by atoms with Crippen LogP contribution in [0.3, 0.4) is 0 Å². The molecule has 2 rings (SSSR count). The first-order chi connectivity index (χ1) is 7.70. The van der Waals surface area contributed by atoms with Gasteiger partial charge in [-0.3, -0.25) is 0 Å². The van der Waals surface area contributed by atoms with Gasteiger partial charge in [0.1, 0.15) is 18.0 Å². The van der Waals surface area contributed by atoms with E-state index in [-0.39, 0.29) is 6.61 Å². The number of rotatable bonds is 3. The monoisotopic (exact) mass is 243 g/mol. The van der Waals surface area contributed by atoms with E-state index in [1.54, 1.807) is 12.1 Å². The molecule has 0 radical (unpaired) electrons. The molecule has 4 heteroatoms. The molecule has 0 aromatic heterocycles. The number of hydrogen-bond acceptors (Lipinski definition) is 2. The van der Waals surface area contributed by atoms with E-state index in [0.717, 1.165) is 0 Å². The van der Waals surface area contributed by atoms with E-state index in [1.807, 2.05) is 12.1 Å². The van der Waals surface area contributed by atoms with Gasteiger partial charge in [-0.25, -0.2) is 4.39 Å². The van der Waals surface area contributed by atoms with E-state index in [9.17, 15) is 4.39 Å². The second kappa shape index (κ2) is 5.02. The number of hydrogen-bond donors (Lipinski definition) is 1. The van der Waals surface area contributed by atoms with Crippen LogP contribution in [0.1, 0.15) is 12.8 Å². The highest BCUT2D eigenvalue weighted by Gasteiger charge is 2.32. The Hall–Kier alpha value is -0.800. The molecule has 2 nitrogen and oxygen atoms in total. The van der Waals surface area contributed by atoms with Crippen molar-refractivity contribution in [2.75, 3.05) is 19.7 Å². The van der Waals surface area contributed by atoms with Crippen molar-refractivity contribution in [2.45, 2.75) is 18.5 Å². The van der Waals surface area contributed by atoms with Crippen molar-refractivity contribution < 1.29 is 9.13 Å². The lowest BCUT2D eigenvalue weighted by Crippen LogP contribution is -2.42. The van der Waals surface area contributed by atoms with E-state index >= 15 is 0 Å². The SMILES string of the molecule is FC1(COc2ccccc2Cl)CCNCC1.